The summed E-state index contributed by atoms with van der Waals surface area (Å²) in [5.41, 5.74) is 4.75. The number of anilines is 1. The van der Waals surface area contributed by atoms with Crippen LogP contribution in [0.2, 0.25) is 5.02 Å². The number of aromatic nitrogens is 3. The highest BCUT2D eigenvalue weighted by atomic mass is 35.5. The number of hydrogen-bond donors (Lipinski definition) is 1. The van der Waals surface area contributed by atoms with Gasteiger partial charge in [0.1, 0.15) is 16.6 Å². The summed E-state index contributed by atoms with van der Waals surface area (Å²) in [5, 5.41) is 10.4. The summed E-state index contributed by atoms with van der Waals surface area (Å²) in [7, 11) is 0. The Morgan fingerprint density at radius 1 is 1.23 bits per heavy atom. The van der Waals surface area contributed by atoms with E-state index in [2.05, 4.69) is 22.3 Å². The van der Waals surface area contributed by atoms with E-state index in [9.17, 15) is 4.79 Å². The molecule has 30 heavy (non-hydrogen) atoms. The molecule has 8 heteroatoms. The lowest BCUT2D eigenvalue weighted by Gasteiger charge is -2.06. The van der Waals surface area contributed by atoms with Gasteiger partial charge in [0.2, 0.25) is 0 Å². The van der Waals surface area contributed by atoms with Gasteiger partial charge in [-0.1, -0.05) is 35.1 Å². The minimum Gasteiger partial charge on any atom is -0.444 e. The molecule has 154 valence electrons. The molecule has 0 aliphatic rings. The number of aryl methyl sites for hydroxylation is 3. The number of nitrogens with zero attached hydrogens (tertiary/aromatic N) is 3. The van der Waals surface area contributed by atoms with Crippen LogP contribution in [0, 0.1) is 13.8 Å². The van der Waals surface area contributed by atoms with Crippen molar-refractivity contribution in [3.63, 3.8) is 0 Å². The van der Waals surface area contributed by atoms with Crippen molar-refractivity contribution in [3.8, 4) is 10.6 Å². The van der Waals surface area contributed by atoms with Crippen molar-refractivity contribution in [3.05, 3.63) is 64.4 Å². The highest BCUT2D eigenvalue weighted by Gasteiger charge is 2.14. The van der Waals surface area contributed by atoms with Crippen molar-refractivity contribution in [2.75, 3.05) is 5.32 Å². The Kier molecular flexibility index (Phi) is 5.74. The van der Waals surface area contributed by atoms with Crippen molar-refractivity contribution in [1.82, 2.24) is 14.8 Å². The second kappa shape index (κ2) is 8.45. The average molecular weight is 441 g/mol. The van der Waals surface area contributed by atoms with E-state index >= 15 is 0 Å². The first kappa shape index (κ1) is 20.4. The molecule has 1 amide bonds. The zero-order valence-corrected chi connectivity index (χ0v) is 18.5. The lowest BCUT2D eigenvalue weighted by Crippen LogP contribution is -2.13. The minimum atomic E-state index is -0.509. The second-order valence-corrected chi connectivity index (χ2v) is 8.38. The van der Waals surface area contributed by atoms with Crippen molar-refractivity contribution < 1.29 is 9.53 Å². The number of carbonyl (C=O) groups excluding carboxylic acids is 1. The van der Waals surface area contributed by atoms with Crippen molar-refractivity contribution in [2.24, 2.45) is 0 Å². The molecule has 0 aliphatic carbocycles. The largest absolute Gasteiger partial charge is 0.444 e. The van der Waals surface area contributed by atoms with Crippen LogP contribution in [-0.2, 0) is 17.9 Å². The third-order valence-corrected chi connectivity index (χ3v) is 6.15. The number of thiazole rings is 1. The van der Waals surface area contributed by atoms with Crippen LogP contribution in [0.15, 0.2) is 42.6 Å². The highest BCUT2D eigenvalue weighted by molar-refractivity contribution is 7.19. The van der Waals surface area contributed by atoms with E-state index in [-0.39, 0.29) is 6.61 Å². The number of rotatable bonds is 5. The van der Waals surface area contributed by atoms with Crippen LogP contribution in [0.5, 0.6) is 0 Å². The lowest BCUT2D eigenvalue weighted by atomic mass is 10.1. The summed E-state index contributed by atoms with van der Waals surface area (Å²) < 4.78 is 7.34. The zero-order chi connectivity index (χ0) is 21.3. The fourth-order valence-electron chi connectivity index (χ4n) is 3.25. The second-order valence-electron chi connectivity index (χ2n) is 6.95. The molecule has 0 saturated heterocycles. The molecule has 4 aromatic rings. The number of ether oxygens (including phenoxy) is 1. The van der Waals surface area contributed by atoms with Crippen LogP contribution in [0.25, 0.3) is 21.5 Å². The summed E-state index contributed by atoms with van der Waals surface area (Å²) in [6, 6.07) is 11.6. The van der Waals surface area contributed by atoms with E-state index in [0.717, 1.165) is 44.8 Å². The highest BCUT2D eigenvalue weighted by Crippen LogP contribution is 2.34. The summed E-state index contributed by atoms with van der Waals surface area (Å²) in [4.78, 5) is 16.9. The first-order chi connectivity index (χ1) is 14.4. The first-order valence-corrected chi connectivity index (χ1v) is 10.8. The molecule has 0 bridgehead atoms. The standard InChI is InChI=1S/C22H21ClN4O2S/c1-4-27-19-8-5-15(10-16(19)11-24-27)12-29-22(28)26-20-14(3)25-21(30-20)18-7-6-17(23)9-13(18)2/h5-11H,4,12H2,1-3H3,(H,26,28). The van der Waals surface area contributed by atoms with E-state index in [1.165, 1.54) is 11.3 Å². The molecule has 2 aromatic heterocycles. The molecule has 2 aromatic carbocycles. The molecular weight excluding hydrogens is 420 g/mol. The fourth-order valence-corrected chi connectivity index (χ4v) is 4.52. The Morgan fingerprint density at radius 2 is 2.07 bits per heavy atom. The minimum absolute atomic E-state index is 0.181. The summed E-state index contributed by atoms with van der Waals surface area (Å²) in [6.45, 7) is 6.89. The Morgan fingerprint density at radius 3 is 2.83 bits per heavy atom. The maximum atomic E-state index is 12.3. The molecule has 0 aliphatic heterocycles. The lowest BCUT2D eigenvalue weighted by molar-refractivity contribution is 0.155. The Hall–Kier alpha value is -2.90. The molecular formula is C22H21ClN4O2S. The van der Waals surface area contributed by atoms with Gasteiger partial charge in [-0.25, -0.2) is 9.78 Å². The predicted octanol–water partition coefficient (Wildman–Crippen LogP) is 6.20. The van der Waals surface area contributed by atoms with Crippen molar-refractivity contribution in [1.29, 1.82) is 0 Å². The van der Waals surface area contributed by atoms with Crippen LogP contribution < -0.4 is 5.32 Å². The number of carbonyl (C=O) groups is 1. The average Bonchev–Trinajstić information content (AvgIpc) is 3.29. The molecule has 1 N–H and O–H groups in total. The van der Waals surface area contributed by atoms with Crippen LogP contribution in [-0.4, -0.2) is 20.9 Å². The van der Waals surface area contributed by atoms with Gasteiger partial charge in [0, 0.05) is 22.5 Å². The number of benzene rings is 2. The van der Waals surface area contributed by atoms with Gasteiger partial charge in [-0.05, 0) is 56.2 Å². The first-order valence-electron chi connectivity index (χ1n) is 9.56. The molecule has 0 unspecified atom stereocenters. The number of fused-ring (bicyclic) bond motifs is 1. The van der Waals surface area contributed by atoms with Gasteiger partial charge < -0.3 is 4.74 Å². The fraction of sp³-hybridized carbons (Fsp3) is 0.227. The van der Waals surface area contributed by atoms with E-state index in [1.54, 1.807) is 0 Å². The van der Waals surface area contributed by atoms with Gasteiger partial charge in [0.25, 0.3) is 0 Å². The van der Waals surface area contributed by atoms with E-state index in [1.807, 2.05) is 61.1 Å². The van der Waals surface area contributed by atoms with Gasteiger partial charge in [0.05, 0.1) is 17.4 Å². The molecule has 6 nitrogen and oxygen atoms in total. The third kappa shape index (κ3) is 4.17. The quantitative estimate of drug-likeness (QED) is 0.401. The van der Waals surface area contributed by atoms with Gasteiger partial charge in [-0.15, -0.1) is 0 Å². The smallest absolute Gasteiger partial charge is 0.412 e. The summed E-state index contributed by atoms with van der Waals surface area (Å²) in [5.74, 6) is 0. The van der Waals surface area contributed by atoms with E-state index in [0.29, 0.717) is 10.0 Å². The van der Waals surface area contributed by atoms with Gasteiger partial charge in [0.15, 0.2) is 0 Å². The van der Waals surface area contributed by atoms with Gasteiger partial charge >= 0.3 is 6.09 Å². The normalized spacial score (nSPS) is 11.1. The Bertz CT molecular complexity index is 1230. The monoisotopic (exact) mass is 440 g/mol. The van der Waals surface area contributed by atoms with Crippen molar-refractivity contribution >= 4 is 44.9 Å². The van der Waals surface area contributed by atoms with E-state index in [4.69, 9.17) is 16.3 Å². The number of hydrogen-bond acceptors (Lipinski definition) is 5. The number of nitrogens with one attached hydrogen (secondary N) is 1. The van der Waals surface area contributed by atoms with Crippen LogP contribution in [0.4, 0.5) is 9.80 Å². The van der Waals surface area contributed by atoms with Gasteiger partial charge in [-0.2, -0.15) is 5.10 Å². The zero-order valence-electron chi connectivity index (χ0n) is 16.9. The maximum absolute atomic E-state index is 12.3. The SMILES string of the molecule is CCn1ncc2cc(COC(=O)Nc3sc(-c4ccc(Cl)cc4C)nc3C)ccc21. The number of amides is 1. The number of halogens is 1. The Labute approximate surface area is 183 Å². The molecule has 0 saturated carbocycles. The summed E-state index contributed by atoms with van der Waals surface area (Å²) >= 11 is 7.45. The Balaban J connectivity index is 1.42. The summed E-state index contributed by atoms with van der Waals surface area (Å²) in [6.07, 6.45) is 1.31. The topological polar surface area (TPSA) is 69.0 Å². The van der Waals surface area contributed by atoms with Gasteiger partial charge in [-0.3, -0.25) is 10.00 Å². The molecule has 0 fully saturated rings. The maximum Gasteiger partial charge on any atom is 0.412 e. The van der Waals surface area contributed by atoms with Crippen LogP contribution in [0.1, 0.15) is 23.7 Å². The molecule has 2 heterocycles. The third-order valence-electron chi connectivity index (χ3n) is 4.81. The molecule has 0 atom stereocenters. The predicted molar refractivity (Wildman–Crippen MR) is 121 cm³/mol. The molecule has 4 rings (SSSR count). The van der Waals surface area contributed by atoms with E-state index < -0.39 is 6.09 Å². The molecule has 0 radical (unpaired) electrons. The molecule has 0 spiro atoms. The van der Waals surface area contributed by atoms with Crippen LogP contribution >= 0.6 is 22.9 Å². The van der Waals surface area contributed by atoms with Crippen LogP contribution in [0.3, 0.4) is 0 Å². The van der Waals surface area contributed by atoms with Crippen molar-refractivity contribution in [2.45, 2.75) is 33.9 Å².